The summed E-state index contributed by atoms with van der Waals surface area (Å²) in [6, 6.07) is 7.72. The van der Waals surface area contributed by atoms with Gasteiger partial charge in [0.2, 0.25) is 0 Å². The van der Waals surface area contributed by atoms with Crippen LogP contribution in [0.15, 0.2) is 35.0 Å². The third-order valence-electron chi connectivity index (χ3n) is 3.22. The lowest BCUT2D eigenvalue weighted by Gasteiger charge is -2.04. The highest BCUT2D eigenvalue weighted by Gasteiger charge is 2.16. The van der Waals surface area contributed by atoms with Crippen LogP contribution in [0.4, 0.5) is 5.82 Å². The Morgan fingerprint density at radius 2 is 2.14 bits per heavy atom. The van der Waals surface area contributed by atoms with Crippen molar-refractivity contribution in [3.8, 4) is 17.2 Å². The smallest absolute Gasteiger partial charge is 0.263 e. The van der Waals surface area contributed by atoms with Crippen molar-refractivity contribution in [2.75, 3.05) is 12.8 Å². The number of aromatic nitrogens is 4. The standard InChI is InChI=1S/C14H15N5O2/c1-19-13(15)10(8-16-19)14-17-12(18-21-14)7-9-5-3-4-6-11(9)20-2/h3-6,8H,7,15H2,1-2H3. The first-order valence-electron chi connectivity index (χ1n) is 6.41. The summed E-state index contributed by atoms with van der Waals surface area (Å²) < 4.78 is 12.1. The van der Waals surface area contributed by atoms with Gasteiger partial charge >= 0.3 is 0 Å². The maximum Gasteiger partial charge on any atom is 0.263 e. The summed E-state index contributed by atoms with van der Waals surface area (Å²) in [5.41, 5.74) is 7.52. The lowest BCUT2D eigenvalue weighted by molar-refractivity contribution is 0.408. The first-order valence-corrected chi connectivity index (χ1v) is 6.41. The van der Waals surface area contributed by atoms with Crippen molar-refractivity contribution in [2.45, 2.75) is 6.42 Å². The fourth-order valence-electron chi connectivity index (χ4n) is 2.07. The molecule has 0 aliphatic carbocycles. The molecule has 2 N–H and O–H groups in total. The van der Waals surface area contributed by atoms with Gasteiger partial charge in [-0.2, -0.15) is 10.1 Å². The summed E-state index contributed by atoms with van der Waals surface area (Å²) >= 11 is 0. The molecule has 3 aromatic rings. The van der Waals surface area contributed by atoms with E-state index in [0.717, 1.165) is 11.3 Å². The number of nitrogens with two attached hydrogens (primary N) is 1. The number of para-hydroxylation sites is 1. The quantitative estimate of drug-likeness (QED) is 0.783. The second kappa shape index (κ2) is 5.28. The first-order chi connectivity index (χ1) is 10.2. The third kappa shape index (κ3) is 2.45. The van der Waals surface area contributed by atoms with Crippen molar-refractivity contribution >= 4 is 5.82 Å². The zero-order valence-corrected chi connectivity index (χ0v) is 11.8. The lowest BCUT2D eigenvalue weighted by atomic mass is 10.1. The van der Waals surface area contributed by atoms with Crippen LogP contribution in [0.1, 0.15) is 11.4 Å². The number of hydrogen-bond acceptors (Lipinski definition) is 6. The molecule has 0 atom stereocenters. The molecular weight excluding hydrogens is 270 g/mol. The summed E-state index contributed by atoms with van der Waals surface area (Å²) in [7, 11) is 3.39. The Morgan fingerprint density at radius 1 is 1.33 bits per heavy atom. The van der Waals surface area contributed by atoms with Crippen molar-refractivity contribution in [2.24, 2.45) is 7.05 Å². The molecule has 0 aliphatic heterocycles. The van der Waals surface area contributed by atoms with Crippen molar-refractivity contribution in [3.05, 3.63) is 41.9 Å². The number of anilines is 1. The minimum absolute atomic E-state index is 0.366. The second-order valence-electron chi connectivity index (χ2n) is 4.57. The number of rotatable bonds is 4. The molecule has 2 aromatic heterocycles. The van der Waals surface area contributed by atoms with E-state index in [1.165, 1.54) is 0 Å². The SMILES string of the molecule is COc1ccccc1Cc1noc(-c2cnn(C)c2N)n1. The maximum absolute atomic E-state index is 5.89. The topological polar surface area (TPSA) is 92.0 Å². The molecular formula is C14H15N5O2. The van der Waals surface area contributed by atoms with E-state index in [0.29, 0.717) is 29.5 Å². The van der Waals surface area contributed by atoms with E-state index in [1.54, 1.807) is 25.0 Å². The van der Waals surface area contributed by atoms with Crippen molar-refractivity contribution in [1.29, 1.82) is 0 Å². The summed E-state index contributed by atoms with van der Waals surface area (Å²) in [5.74, 6) is 2.22. The van der Waals surface area contributed by atoms with Crippen LogP contribution in [0.2, 0.25) is 0 Å². The molecule has 0 saturated carbocycles. The Kier molecular flexibility index (Phi) is 3.31. The summed E-state index contributed by atoms with van der Waals surface area (Å²) in [4.78, 5) is 4.36. The van der Waals surface area contributed by atoms with Gasteiger partial charge in [-0.15, -0.1) is 0 Å². The molecule has 0 amide bonds. The van der Waals surface area contributed by atoms with E-state index in [2.05, 4.69) is 15.2 Å². The van der Waals surface area contributed by atoms with Crippen LogP contribution in [0.3, 0.4) is 0 Å². The molecule has 0 saturated heterocycles. The number of methoxy groups -OCH3 is 1. The average Bonchev–Trinajstić information content (AvgIpc) is 3.08. The predicted octanol–water partition coefficient (Wildman–Crippen LogP) is 1.65. The molecule has 21 heavy (non-hydrogen) atoms. The fourth-order valence-corrected chi connectivity index (χ4v) is 2.07. The summed E-state index contributed by atoms with van der Waals surface area (Å²) in [6.45, 7) is 0. The highest BCUT2D eigenvalue weighted by atomic mass is 16.5. The predicted molar refractivity (Wildman–Crippen MR) is 76.7 cm³/mol. The van der Waals surface area contributed by atoms with E-state index >= 15 is 0 Å². The number of aryl methyl sites for hydroxylation is 1. The van der Waals surface area contributed by atoms with Gasteiger partial charge in [0.15, 0.2) is 5.82 Å². The Morgan fingerprint density at radius 3 is 2.86 bits per heavy atom. The molecule has 0 aliphatic rings. The van der Waals surface area contributed by atoms with Crippen molar-refractivity contribution in [3.63, 3.8) is 0 Å². The highest BCUT2D eigenvalue weighted by molar-refractivity contribution is 5.66. The van der Waals surface area contributed by atoms with Gasteiger partial charge in [-0.3, -0.25) is 4.68 Å². The Hall–Kier alpha value is -2.83. The first kappa shape index (κ1) is 13.2. The third-order valence-corrected chi connectivity index (χ3v) is 3.22. The molecule has 3 rings (SSSR count). The van der Waals surface area contributed by atoms with E-state index in [-0.39, 0.29) is 0 Å². The largest absolute Gasteiger partial charge is 0.496 e. The van der Waals surface area contributed by atoms with Crippen molar-refractivity contribution < 1.29 is 9.26 Å². The number of hydrogen-bond donors (Lipinski definition) is 1. The molecule has 7 nitrogen and oxygen atoms in total. The maximum atomic E-state index is 5.89. The molecule has 108 valence electrons. The minimum atomic E-state index is 0.366. The zero-order chi connectivity index (χ0) is 14.8. The van der Waals surface area contributed by atoms with Crippen molar-refractivity contribution in [1.82, 2.24) is 19.9 Å². The van der Waals surface area contributed by atoms with Gasteiger partial charge in [-0.25, -0.2) is 0 Å². The Bertz CT molecular complexity index is 762. The Labute approximate surface area is 121 Å². The van der Waals surface area contributed by atoms with Crippen LogP contribution < -0.4 is 10.5 Å². The van der Waals surface area contributed by atoms with Gasteiger partial charge in [0.1, 0.15) is 17.1 Å². The average molecular weight is 285 g/mol. The van der Waals surface area contributed by atoms with Crippen LogP contribution >= 0.6 is 0 Å². The fraction of sp³-hybridized carbons (Fsp3) is 0.214. The molecule has 0 fully saturated rings. The van der Waals surface area contributed by atoms with Crippen LogP contribution in [0, 0.1) is 0 Å². The highest BCUT2D eigenvalue weighted by Crippen LogP contribution is 2.25. The zero-order valence-electron chi connectivity index (χ0n) is 11.8. The molecule has 1 aromatic carbocycles. The Balaban J connectivity index is 1.87. The summed E-state index contributed by atoms with van der Waals surface area (Å²) in [5, 5.41) is 8.04. The van der Waals surface area contributed by atoms with Crippen LogP contribution in [0.25, 0.3) is 11.5 Å². The second-order valence-corrected chi connectivity index (χ2v) is 4.57. The minimum Gasteiger partial charge on any atom is -0.496 e. The number of nitrogens with zero attached hydrogens (tertiary/aromatic N) is 4. The number of nitrogen functional groups attached to an aromatic ring is 1. The molecule has 0 bridgehead atoms. The van der Waals surface area contributed by atoms with Gasteiger partial charge in [0.25, 0.3) is 5.89 Å². The van der Waals surface area contributed by atoms with Gasteiger partial charge in [-0.1, -0.05) is 23.4 Å². The van der Waals surface area contributed by atoms with Gasteiger partial charge in [0, 0.05) is 19.0 Å². The van der Waals surface area contributed by atoms with Crippen LogP contribution in [-0.2, 0) is 13.5 Å². The van der Waals surface area contributed by atoms with E-state index in [1.807, 2.05) is 24.3 Å². The van der Waals surface area contributed by atoms with E-state index < -0.39 is 0 Å². The van der Waals surface area contributed by atoms with Gasteiger partial charge in [-0.05, 0) is 6.07 Å². The summed E-state index contributed by atoms with van der Waals surface area (Å²) in [6.07, 6.45) is 2.13. The van der Waals surface area contributed by atoms with Crippen LogP contribution in [-0.4, -0.2) is 27.0 Å². The number of benzene rings is 1. The van der Waals surface area contributed by atoms with Crippen LogP contribution in [0.5, 0.6) is 5.75 Å². The molecule has 7 heteroatoms. The molecule has 0 unspecified atom stereocenters. The molecule has 0 radical (unpaired) electrons. The molecule has 0 spiro atoms. The molecule has 2 heterocycles. The lowest BCUT2D eigenvalue weighted by Crippen LogP contribution is -1.98. The number of ether oxygens (including phenoxy) is 1. The van der Waals surface area contributed by atoms with Gasteiger partial charge in [0.05, 0.1) is 13.3 Å². The normalized spacial score (nSPS) is 10.8. The van der Waals surface area contributed by atoms with Gasteiger partial charge < -0.3 is 15.0 Å². The van der Waals surface area contributed by atoms with E-state index in [4.69, 9.17) is 15.0 Å². The monoisotopic (exact) mass is 285 g/mol. The van der Waals surface area contributed by atoms with E-state index in [9.17, 15) is 0 Å².